The number of rotatable bonds is 5. The molecule has 1 atom stereocenters. The molecule has 5 nitrogen and oxygen atoms in total. The first-order chi connectivity index (χ1) is 15.0. The minimum atomic E-state index is -0.139. The van der Waals surface area contributed by atoms with Gasteiger partial charge in [0.15, 0.2) is 0 Å². The maximum absolute atomic E-state index is 13.1. The van der Waals surface area contributed by atoms with E-state index in [1.807, 2.05) is 35.3 Å². The Labute approximate surface area is 193 Å². The van der Waals surface area contributed by atoms with E-state index in [2.05, 4.69) is 5.32 Å². The maximum atomic E-state index is 13.1. The maximum Gasteiger partial charge on any atom is 0.267 e. The van der Waals surface area contributed by atoms with Crippen molar-refractivity contribution in [3.8, 4) is 5.75 Å². The third-order valence-electron chi connectivity index (χ3n) is 6.02. The van der Waals surface area contributed by atoms with Crippen molar-refractivity contribution in [3.05, 3.63) is 58.1 Å². The molecule has 2 aromatic rings. The number of amides is 1. The summed E-state index contributed by atoms with van der Waals surface area (Å²) in [4.78, 5) is 13.1. The molecule has 1 unspecified atom stereocenters. The zero-order chi connectivity index (χ0) is 21.8. The Morgan fingerprint density at radius 2 is 1.77 bits per heavy atom. The number of halogens is 2. The van der Waals surface area contributed by atoms with E-state index in [-0.39, 0.29) is 18.0 Å². The molecule has 1 aliphatic heterocycles. The largest absolute Gasteiger partial charge is 0.497 e. The van der Waals surface area contributed by atoms with Gasteiger partial charge in [0, 0.05) is 17.5 Å². The van der Waals surface area contributed by atoms with Gasteiger partial charge in [-0.1, -0.05) is 61.0 Å². The molecular formula is C24H27Cl2N3O2. The number of benzene rings is 2. The summed E-state index contributed by atoms with van der Waals surface area (Å²) in [6.07, 6.45) is 7.40. The average molecular weight is 460 g/mol. The van der Waals surface area contributed by atoms with Gasteiger partial charge in [0.25, 0.3) is 5.91 Å². The zero-order valence-electron chi connectivity index (χ0n) is 17.6. The van der Waals surface area contributed by atoms with E-state index in [9.17, 15) is 4.79 Å². The van der Waals surface area contributed by atoms with E-state index < -0.39 is 0 Å². The summed E-state index contributed by atoms with van der Waals surface area (Å²) in [5.74, 6) is 0.697. The van der Waals surface area contributed by atoms with Crippen molar-refractivity contribution in [2.24, 2.45) is 5.10 Å². The van der Waals surface area contributed by atoms with E-state index in [0.717, 1.165) is 29.8 Å². The van der Waals surface area contributed by atoms with Crippen molar-refractivity contribution in [2.45, 2.75) is 57.0 Å². The van der Waals surface area contributed by atoms with E-state index in [1.165, 1.54) is 25.7 Å². The number of hydrogen-bond donors (Lipinski definition) is 1. The topological polar surface area (TPSA) is 53.9 Å². The van der Waals surface area contributed by atoms with Crippen molar-refractivity contribution >= 4 is 40.5 Å². The van der Waals surface area contributed by atoms with Crippen LogP contribution in [0.25, 0.3) is 0 Å². The number of hydrazone groups is 1. The molecular weight excluding hydrogens is 433 g/mol. The normalized spacial score (nSPS) is 19.6. The van der Waals surface area contributed by atoms with Crippen molar-refractivity contribution in [3.63, 3.8) is 0 Å². The first-order valence-corrected chi connectivity index (χ1v) is 11.6. The Bertz CT molecular complexity index is 954. The summed E-state index contributed by atoms with van der Waals surface area (Å²) in [5.41, 5.74) is 2.29. The number of carbonyl (C=O) groups is 1. The van der Waals surface area contributed by atoms with E-state index >= 15 is 0 Å². The summed E-state index contributed by atoms with van der Waals surface area (Å²) in [7, 11) is 1.64. The smallest absolute Gasteiger partial charge is 0.267 e. The van der Waals surface area contributed by atoms with Gasteiger partial charge >= 0.3 is 0 Å². The van der Waals surface area contributed by atoms with Gasteiger partial charge in [-0.15, -0.1) is 0 Å². The van der Waals surface area contributed by atoms with Crippen molar-refractivity contribution in [1.29, 1.82) is 0 Å². The van der Waals surface area contributed by atoms with E-state index in [4.69, 9.17) is 33.0 Å². The number of carbonyl (C=O) groups excluding carboxylic acids is 1. The summed E-state index contributed by atoms with van der Waals surface area (Å²) < 4.78 is 5.29. The van der Waals surface area contributed by atoms with Crippen LogP contribution in [0.3, 0.4) is 0 Å². The average Bonchev–Trinajstić information content (AvgIpc) is 3.05. The minimum Gasteiger partial charge on any atom is -0.497 e. The van der Waals surface area contributed by atoms with Crippen LogP contribution in [0.5, 0.6) is 5.75 Å². The van der Waals surface area contributed by atoms with Crippen LogP contribution in [0.1, 0.15) is 56.6 Å². The fourth-order valence-electron chi connectivity index (χ4n) is 4.31. The molecule has 0 spiro atoms. The molecule has 0 radical (unpaired) electrons. The Hall–Kier alpha value is -2.24. The van der Waals surface area contributed by atoms with Gasteiger partial charge in [0.1, 0.15) is 11.5 Å². The molecule has 2 aromatic carbocycles. The molecule has 31 heavy (non-hydrogen) atoms. The van der Waals surface area contributed by atoms with Crippen LogP contribution >= 0.6 is 23.2 Å². The second kappa shape index (κ2) is 9.92. The fourth-order valence-corrected chi connectivity index (χ4v) is 4.81. The monoisotopic (exact) mass is 459 g/mol. The summed E-state index contributed by atoms with van der Waals surface area (Å²) >= 11 is 12.6. The standard InChI is InChI=1S/C24H27Cl2N3O2/c1-31-19-11-8-16(9-12-19)23-15-21(24(30)27-18-6-4-2-3-5-7-18)28-29(23)22-13-10-17(25)14-20(22)26/h8-14,18,23H,2-7,15H2,1H3,(H,27,30). The second-order valence-corrected chi connectivity index (χ2v) is 8.99. The molecule has 1 saturated carbocycles. The predicted molar refractivity (Wildman–Crippen MR) is 126 cm³/mol. The van der Waals surface area contributed by atoms with Crippen LogP contribution in [0.15, 0.2) is 47.6 Å². The van der Waals surface area contributed by atoms with Gasteiger partial charge in [-0.05, 0) is 48.7 Å². The van der Waals surface area contributed by atoms with Gasteiger partial charge in [-0.3, -0.25) is 9.80 Å². The van der Waals surface area contributed by atoms with E-state index in [0.29, 0.717) is 22.2 Å². The van der Waals surface area contributed by atoms with Gasteiger partial charge in [0.05, 0.1) is 23.9 Å². The summed E-state index contributed by atoms with van der Waals surface area (Å²) in [6.45, 7) is 0. The highest BCUT2D eigenvalue weighted by Gasteiger charge is 2.34. The van der Waals surface area contributed by atoms with Crippen LogP contribution in [0.4, 0.5) is 5.69 Å². The van der Waals surface area contributed by atoms with Crippen LogP contribution in [-0.2, 0) is 4.79 Å². The summed E-state index contributed by atoms with van der Waals surface area (Å²) in [6, 6.07) is 13.3. The number of hydrogen-bond acceptors (Lipinski definition) is 4. The Morgan fingerprint density at radius 3 is 2.42 bits per heavy atom. The van der Waals surface area contributed by atoms with Crippen molar-refractivity contribution in [1.82, 2.24) is 5.32 Å². The highest BCUT2D eigenvalue weighted by molar-refractivity contribution is 6.40. The van der Waals surface area contributed by atoms with Crippen LogP contribution in [0, 0.1) is 0 Å². The SMILES string of the molecule is COc1ccc(C2CC(C(=O)NC3CCCCCC3)=NN2c2ccc(Cl)cc2Cl)cc1. The second-order valence-electron chi connectivity index (χ2n) is 8.14. The molecule has 1 fully saturated rings. The zero-order valence-corrected chi connectivity index (χ0v) is 19.1. The van der Waals surface area contributed by atoms with Crippen molar-refractivity contribution < 1.29 is 9.53 Å². The molecule has 4 rings (SSSR count). The Kier molecular flexibility index (Phi) is 7.03. The highest BCUT2D eigenvalue weighted by atomic mass is 35.5. The number of methoxy groups -OCH3 is 1. The molecule has 0 aromatic heterocycles. The fraction of sp³-hybridized carbons (Fsp3) is 0.417. The molecule has 1 amide bonds. The molecule has 1 aliphatic carbocycles. The lowest BCUT2D eigenvalue weighted by molar-refractivity contribution is -0.115. The number of nitrogens with zero attached hydrogens (tertiary/aromatic N) is 2. The molecule has 7 heteroatoms. The number of ether oxygens (including phenoxy) is 1. The molecule has 0 saturated heterocycles. The van der Waals surface area contributed by atoms with Gasteiger partial charge in [-0.2, -0.15) is 5.10 Å². The van der Waals surface area contributed by atoms with Crippen molar-refractivity contribution in [2.75, 3.05) is 12.1 Å². The van der Waals surface area contributed by atoms with E-state index in [1.54, 1.807) is 19.2 Å². The molecule has 1 N–H and O–H groups in total. The third-order valence-corrected chi connectivity index (χ3v) is 6.56. The van der Waals surface area contributed by atoms with Gasteiger partial charge < -0.3 is 10.1 Å². The first kappa shape index (κ1) is 22.0. The number of anilines is 1. The lowest BCUT2D eigenvalue weighted by Gasteiger charge is -2.25. The predicted octanol–water partition coefficient (Wildman–Crippen LogP) is 6.15. The lowest BCUT2D eigenvalue weighted by atomic mass is 10.0. The molecule has 1 heterocycles. The van der Waals surface area contributed by atoms with Gasteiger partial charge in [0.2, 0.25) is 0 Å². The van der Waals surface area contributed by atoms with Crippen LogP contribution in [0.2, 0.25) is 10.0 Å². The quantitative estimate of drug-likeness (QED) is 0.545. The Balaban J connectivity index is 1.61. The first-order valence-electron chi connectivity index (χ1n) is 10.8. The highest BCUT2D eigenvalue weighted by Crippen LogP contribution is 2.40. The number of nitrogens with one attached hydrogen (secondary N) is 1. The Morgan fingerprint density at radius 1 is 1.06 bits per heavy atom. The third kappa shape index (κ3) is 5.16. The molecule has 2 aliphatic rings. The summed E-state index contributed by atoms with van der Waals surface area (Å²) in [5, 5.41) is 10.8. The van der Waals surface area contributed by atoms with Gasteiger partial charge in [-0.25, -0.2) is 0 Å². The van der Waals surface area contributed by atoms with Crippen LogP contribution < -0.4 is 15.1 Å². The van der Waals surface area contributed by atoms with Crippen LogP contribution in [-0.4, -0.2) is 24.8 Å². The lowest BCUT2D eigenvalue weighted by Crippen LogP contribution is -2.38. The molecule has 164 valence electrons. The minimum absolute atomic E-state index is 0.0852. The molecule has 0 bridgehead atoms.